The topological polar surface area (TPSA) is 51.4 Å². The Hall–Kier alpha value is -2.69. The summed E-state index contributed by atoms with van der Waals surface area (Å²) in [4.78, 5) is 6.71. The second-order valence-electron chi connectivity index (χ2n) is 7.13. The van der Waals surface area contributed by atoms with Crippen molar-refractivity contribution in [1.82, 2.24) is 9.88 Å². The molecule has 1 fully saturated rings. The van der Waals surface area contributed by atoms with Crippen molar-refractivity contribution >= 4 is 0 Å². The quantitative estimate of drug-likeness (QED) is 0.731. The van der Waals surface area contributed by atoms with E-state index in [1.807, 2.05) is 30.3 Å². The first kappa shape index (κ1) is 17.7. The second kappa shape index (κ2) is 8.33. The van der Waals surface area contributed by atoms with Crippen LogP contribution in [0.15, 0.2) is 79.0 Å². The Balaban J connectivity index is 1.32. The molecule has 0 radical (unpaired) electrons. The summed E-state index contributed by atoms with van der Waals surface area (Å²) in [5.74, 6) is 1.27. The lowest BCUT2D eigenvalue weighted by molar-refractivity contribution is 0.300. The van der Waals surface area contributed by atoms with Crippen molar-refractivity contribution in [3.63, 3.8) is 0 Å². The van der Waals surface area contributed by atoms with Gasteiger partial charge >= 0.3 is 0 Å². The van der Waals surface area contributed by atoms with Gasteiger partial charge in [0, 0.05) is 37.8 Å². The zero-order valence-electron chi connectivity index (χ0n) is 15.4. The highest BCUT2D eigenvalue weighted by Crippen LogP contribution is 2.27. The van der Waals surface area contributed by atoms with E-state index in [-0.39, 0.29) is 6.04 Å². The van der Waals surface area contributed by atoms with Gasteiger partial charge in [-0.25, -0.2) is 0 Å². The molecule has 2 heterocycles. The van der Waals surface area contributed by atoms with Crippen LogP contribution in [-0.4, -0.2) is 29.0 Å². The first-order valence-electron chi connectivity index (χ1n) is 9.42. The van der Waals surface area contributed by atoms with Crippen LogP contribution in [0.3, 0.4) is 0 Å². The number of benzene rings is 2. The number of hydrogen-bond acceptors (Lipinski definition) is 4. The number of ether oxygens (including phenoxy) is 1. The zero-order chi connectivity index (χ0) is 18.5. The molecule has 2 aromatic carbocycles. The Morgan fingerprint density at radius 3 is 2.44 bits per heavy atom. The lowest BCUT2D eigenvalue weighted by Crippen LogP contribution is -2.28. The van der Waals surface area contributed by atoms with E-state index in [0.717, 1.165) is 31.1 Å². The Bertz CT molecular complexity index is 837. The number of rotatable bonds is 6. The third-order valence-electron chi connectivity index (χ3n) is 5.11. The van der Waals surface area contributed by atoms with Crippen molar-refractivity contribution in [2.24, 2.45) is 5.73 Å². The van der Waals surface area contributed by atoms with Crippen molar-refractivity contribution in [3.05, 3.63) is 95.8 Å². The van der Waals surface area contributed by atoms with Crippen LogP contribution in [0.1, 0.15) is 22.7 Å². The summed E-state index contributed by atoms with van der Waals surface area (Å²) in [6.07, 6.45) is 1.78. The average molecular weight is 359 g/mol. The van der Waals surface area contributed by atoms with Gasteiger partial charge in [-0.3, -0.25) is 9.88 Å². The normalized spacial score (nSPS) is 19.9. The Morgan fingerprint density at radius 2 is 1.70 bits per heavy atom. The van der Waals surface area contributed by atoms with Gasteiger partial charge < -0.3 is 10.5 Å². The van der Waals surface area contributed by atoms with Gasteiger partial charge in [-0.15, -0.1) is 0 Å². The molecule has 0 unspecified atom stereocenters. The van der Waals surface area contributed by atoms with E-state index in [9.17, 15) is 0 Å². The molecule has 3 aromatic rings. The largest absolute Gasteiger partial charge is 0.487 e. The van der Waals surface area contributed by atoms with Crippen molar-refractivity contribution in [2.75, 3.05) is 13.1 Å². The monoisotopic (exact) mass is 359 g/mol. The molecular formula is C23H25N3O. The van der Waals surface area contributed by atoms with E-state index in [0.29, 0.717) is 12.5 Å². The third-order valence-corrected chi connectivity index (χ3v) is 5.11. The number of pyridine rings is 1. The van der Waals surface area contributed by atoms with Crippen LogP contribution < -0.4 is 10.5 Å². The van der Waals surface area contributed by atoms with Crippen LogP contribution in [0.5, 0.6) is 5.75 Å². The first-order valence-corrected chi connectivity index (χ1v) is 9.42. The highest BCUT2D eigenvalue weighted by molar-refractivity contribution is 5.28. The van der Waals surface area contributed by atoms with E-state index in [2.05, 4.69) is 52.3 Å². The average Bonchev–Trinajstić information content (AvgIpc) is 3.09. The zero-order valence-corrected chi connectivity index (χ0v) is 15.4. The Kier molecular flexibility index (Phi) is 5.47. The molecule has 0 aliphatic carbocycles. The molecule has 2 atom stereocenters. The minimum Gasteiger partial charge on any atom is -0.487 e. The Morgan fingerprint density at radius 1 is 0.926 bits per heavy atom. The lowest BCUT2D eigenvalue weighted by Gasteiger charge is -2.16. The van der Waals surface area contributed by atoms with Gasteiger partial charge in [0.05, 0.1) is 5.69 Å². The molecule has 27 heavy (non-hydrogen) atoms. The third kappa shape index (κ3) is 4.54. The summed E-state index contributed by atoms with van der Waals surface area (Å²) in [5.41, 5.74) is 9.95. The minimum atomic E-state index is 0.188. The van der Waals surface area contributed by atoms with Crippen LogP contribution in [0, 0.1) is 0 Å². The van der Waals surface area contributed by atoms with E-state index < -0.39 is 0 Å². The molecule has 138 valence electrons. The van der Waals surface area contributed by atoms with Crippen LogP contribution >= 0.6 is 0 Å². The highest BCUT2D eigenvalue weighted by Gasteiger charge is 2.30. The maximum absolute atomic E-state index is 6.41. The summed E-state index contributed by atoms with van der Waals surface area (Å²) in [6, 6.07) is 25.0. The molecule has 0 amide bonds. The van der Waals surface area contributed by atoms with E-state index in [1.54, 1.807) is 6.20 Å². The maximum atomic E-state index is 6.41. The van der Waals surface area contributed by atoms with Gasteiger partial charge in [0.2, 0.25) is 0 Å². The molecule has 0 bridgehead atoms. The van der Waals surface area contributed by atoms with Gasteiger partial charge in [0.25, 0.3) is 0 Å². The number of aromatic nitrogens is 1. The van der Waals surface area contributed by atoms with Crippen molar-refractivity contribution in [3.8, 4) is 5.75 Å². The lowest BCUT2D eigenvalue weighted by atomic mass is 9.95. The number of hydrogen-bond donors (Lipinski definition) is 1. The van der Waals surface area contributed by atoms with E-state index in [4.69, 9.17) is 10.5 Å². The maximum Gasteiger partial charge on any atom is 0.130 e. The van der Waals surface area contributed by atoms with Gasteiger partial charge in [-0.1, -0.05) is 48.5 Å². The molecule has 4 rings (SSSR count). The molecule has 1 aliphatic heterocycles. The second-order valence-corrected chi connectivity index (χ2v) is 7.13. The first-order chi connectivity index (χ1) is 13.3. The van der Waals surface area contributed by atoms with E-state index >= 15 is 0 Å². The number of nitrogens with two attached hydrogens (primary N) is 1. The fraction of sp³-hybridized carbons (Fsp3) is 0.261. The SMILES string of the molecule is N[C@@H]1CN(Cc2ccc(OCc3ccccn3)cc2)C[C@H]1c1ccccc1. The molecule has 1 aliphatic rings. The molecule has 4 nitrogen and oxygen atoms in total. The van der Waals surface area contributed by atoms with Crippen LogP contribution in [0.25, 0.3) is 0 Å². The highest BCUT2D eigenvalue weighted by atomic mass is 16.5. The summed E-state index contributed by atoms with van der Waals surface area (Å²) >= 11 is 0. The Labute approximate surface area is 160 Å². The van der Waals surface area contributed by atoms with E-state index in [1.165, 1.54) is 11.1 Å². The van der Waals surface area contributed by atoms with Gasteiger partial charge in [0.15, 0.2) is 0 Å². The molecule has 1 saturated heterocycles. The van der Waals surface area contributed by atoms with Gasteiger partial charge in [-0.05, 0) is 35.4 Å². The van der Waals surface area contributed by atoms with Gasteiger partial charge in [-0.2, -0.15) is 0 Å². The van der Waals surface area contributed by atoms with Crippen LogP contribution in [0.4, 0.5) is 0 Å². The number of likely N-dealkylation sites (tertiary alicyclic amines) is 1. The fourth-order valence-electron chi connectivity index (χ4n) is 3.69. The predicted molar refractivity (Wildman–Crippen MR) is 107 cm³/mol. The van der Waals surface area contributed by atoms with Crippen LogP contribution in [-0.2, 0) is 13.2 Å². The van der Waals surface area contributed by atoms with Crippen molar-refractivity contribution in [1.29, 1.82) is 0 Å². The summed E-state index contributed by atoms with van der Waals surface area (Å²) in [6.45, 7) is 3.33. The fourth-order valence-corrected chi connectivity index (χ4v) is 3.69. The molecule has 4 heteroatoms. The smallest absolute Gasteiger partial charge is 0.130 e. The summed E-state index contributed by atoms with van der Waals surface area (Å²) < 4.78 is 5.81. The molecule has 1 aromatic heterocycles. The standard InChI is InChI=1S/C23H25N3O/c24-23-16-26(15-22(23)19-6-2-1-3-7-19)14-18-9-11-21(12-10-18)27-17-20-8-4-5-13-25-20/h1-13,22-23H,14-17,24H2/t22-,23+/m0/s1. The van der Waals surface area contributed by atoms with Crippen LogP contribution in [0.2, 0.25) is 0 Å². The van der Waals surface area contributed by atoms with Gasteiger partial charge in [0.1, 0.15) is 12.4 Å². The molecular weight excluding hydrogens is 334 g/mol. The molecule has 2 N–H and O–H groups in total. The summed E-state index contributed by atoms with van der Waals surface area (Å²) in [5, 5.41) is 0. The summed E-state index contributed by atoms with van der Waals surface area (Å²) in [7, 11) is 0. The van der Waals surface area contributed by atoms with Crippen molar-refractivity contribution in [2.45, 2.75) is 25.1 Å². The predicted octanol–water partition coefficient (Wildman–Crippen LogP) is 3.59. The number of nitrogens with zero attached hydrogens (tertiary/aromatic N) is 2. The van der Waals surface area contributed by atoms with Crippen molar-refractivity contribution < 1.29 is 4.74 Å². The minimum absolute atomic E-state index is 0.188. The molecule has 0 saturated carbocycles. The molecule has 0 spiro atoms.